The van der Waals surface area contributed by atoms with E-state index in [1.54, 1.807) is 6.08 Å². The van der Waals surface area contributed by atoms with Crippen LogP contribution in [0.3, 0.4) is 0 Å². The van der Waals surface area contributed by atoms with E-state index in [1.807, 2.05) is 6.92 Å². The number of ether oxygens (including phenoxy) is 2. The zero-order chi connectivity index (χ0) is 14.4. The Morgan fingerprint density at radius 2 is 1.53 bits per heavy atom. The number of rotatable bonds is 7. The normalized spacial score (nSPS) is 12.6. The summed E-state index contributed by atoms with van der Waals surface area (Å²) in [6.45, 7) is -0.585. The van der Waals surface area contributed by atoms with Crippen LogP contribution in [0.2, 0.25) is 0 Å². The van der Waals surface area contributed by atoms with Gasteiger partial charge >= 0.3 is 13.2 Å². The number of hydrogen-bond donors (Lipinski definition) is 0. The van der Waals surface area contributed by atoms with E-state index in [1.165, 1.54) is 12.1 Å². The fourth-order valence-electron chi connectivity index (χ4n) is 1.55. The summed E-state index contributed by atoms with van der Waals surface area (Å²) in [5.41, 5.74) is 0.557. The number of allylic oxidation sites excluding steroid dienone is 1. The summed E-state index contributed by atoms with van der Waals surface area (Å²) < 4.78 is 57.0. The lowest BCUT2D eigenvalue weighted by Gasteiger charge is -2.12. The summed E-state index contributed by atoms with van der Waals surface area (Å²) in [4.78, 5) is 0. The average molecular weight is 278 g/mol. The van der Waals surface area contributed by atoms with Crippen molar-refractivity contribution in [3.63, 3.8) is 0 Å². The van der Waals surface area contributed by atoms with Gasteiger partial charge in [-0.3, -0.25) is 0 Å². The zero-order valence-corrected chi connectivity index (χ0v) is 10.3. The van der Waals surface area contributed by atoms with Crippen LogP contribution in [0, 0.1) is 5.92 Å². The molecule has 0 saturated heterocycles. The molecule has 2 nitrogen and oxygen atoms in total. The molecule has 106 valence electrons. The van der Waals surface area contributed by atoms with Crippen molar-refractivity contribution in [3.8, 4) is 11.5 Å². The number of alkyl halides is 4. The van der Waals surface area contributed by atoms with E-state index in [0.717, 1.165) is 6.07 Å². The Balaban J connectivity index is 2.97. The molecular formula is C13H14F4O2. The molecule has 0 heterocycles. The molecule has 1 aromatic carbocycles. The predicted octanol–water partition coefficient (Wildman–Crippen LogP) is 4.25. The Bertz CT molecular complexity index is 393. The van der Waals surface area contributed by atoms with Crippen LogP contribution in [0.4, 0.5) is 17.6 Å². The third-order valence-electron chi connectivity index (χ3n) is 2.35. The molecule has 0 N–H and O–H groups in total. The van der Waals surface area contributed by atoms with Crippen LogP contribution >= 0.6 is 0 Å². The SMILES string of the molecule is C=CC(C)Cc1cc(OC(F)F)cc(OC(F)F)c1. The first kappa shape index (κ1) is 15.3. The Hall–Kier alpha value is -1.72. The number of halogens is 4. The summed E-state index contributed by atoms with van der Waals surface area (Å²) in [6, 6.07) is 3.73. The lowest BCUT2D eigenvalue weighted by atomic mass is 10.0. The fraction of sp³-hybridized carbons (Fsp3) is 0.385. The first-order chi connectivity index (χ1) is 8.90. The molecule has 0 aliphatic carbocycles. The second kappa shape index (κ2) is 7.01. The molecule has 1 rings (SSSR count). The highest BCUT2D eigenvalue weighted by atomic mass is 19.3. The van der Waals surface area contributed by atoms with Gasteiger partial charge in [-0.25, -0.2) is 0 Å². The molecule has 0 aromatic heterocycles. The van der Waals surface area contributed by atoms with Crippen molar-refractivity contribution in [1.29, 1.82) is 0 Å². The quantitative estimate of drug-likeness (QED) is 0.548. The highest BCUT2D eigenvalue weighted by Gasteiger charge is 2.12. The van der Waals surface area contributed by atoms with Crippen molar-refractivity contribution in [2.24, 2.45) is 5.92 Å². The molecule has 1 unspecified atom stereocenters. The lowest BCUT2D eigenvalue weighted by Crippen LogP contribution is -2.06. The first-order valence-electron chi connectivity index (χ1n) is 5.57. The Labute approximate surface area is 108 Å². The van der Waals surface area contributed by atoms with Gasteiger partial charge in [0, 0.05) is 6.07 Å². The molecule has 0 saturated carbocycles. The van der Waals surface area contributed by atoms with Gasteiger partial charge in [0.05, 0.1) is 0 Å². The van der Waals surface area contributed by atoms with Crippen molar-refractivity contribution in [2.45, 2.75) is 26.6 Å². The molecule has 0 spiro atoms. The maximum atomic E-state index is 12.1. The molecule has 0 radical (unpaired) electrons. The molecule has 0 bridgehead atoms. The summed E-state index contributed by atoms with van der Waals surface area (Å²) in [6.07, 6.45) is 2.14. The average Bonchev–Trinajstić information content (AvgIpc) is 2.26. The van der Waals surface area contributed by atoms with Gasteiger partial charge in [-0.15, -0.1) is 6.58 Å². The van der Waals surface area contributed by atoms with E-state index >= 15 is 0 Å². The van der Waals surface area contributed by atoms with Crippen molar-refractivity contribution < 1.29 is 27.0 Å². The van der Waals surface area contributed by atoms with Gasteiger partial charge in [-0.1, -0.05) is 13.0 Å². The molecule has 0 aliphatic rings. The van der Waals surface area contributed by atoms with E-state index in [2.05, 4.69) is 16.1 Å². The van der Waals surface area contributed by atoms with Crippen LogP contribution in [0.15, 0.2) is 30.9 Å². The summed E-state index contributed by atoms with van der Waals surface area (Å²) in [5.74, 6) is -0.347. The minimum absolute atomic E-state index is 0.0706. The van der Waals surface area contributed by atoms with Crippen LogP contribution in [0.1, 0.15) is 12.5 Å². The molecule has 0 fully saturated rings. The first-order valence-corrected chi connectivity index (χ1v) is 5.57. The maximum Gasteiger partial charge on any atom is 0.387 e. The smallest absolute Gasteiger partial charge is 0.387 e. The second-order valence-corrected chi connectivity index (χ2v) is 3.99. The largest absolute Gasteiger partial charge is 0.435 e. The fourth-order valence-corrected chi connectivity index (χ4v) is 1.55. The Morgan fingerprint density at radius 1 is 1.05 bits per heavy atom. The van der Waals surface area contributed by atoms with E-state index in [-0.39, 0.29) is 17.4 Å². The predicted molar refractivity (Wildman–Crippen MR) is 62.8 cm³/mol. The van der Waals surface area contributed by atoms with Crippen molar-refractivity contribution in [3.05, 3.63) is 36.4 Å². The molecular weight excluding hydrogens is 264 g/mol. The third-order valence-corrected chi connectivity index (χ3v) is 2.35. The second-order valence-electron chi connectivity index (χ2n) is 3.99. The lowest BCUT2D eigenvalue weighted by molar-refractivity contribution is -0.0543. The van der Waals surface area contributed by atoms with Gasteiger partial charge < -0.3 is 9.47 Å². The molecule has 6 heteroatoms. The van der Waals surface area contributed by atoms with Gasteiger partial charge in [-0.2, -0.15) is 17.6 Å². The summed E-state index contributed by atoms with van der Waals surface area (Å²) >= 11 is 0. The maximum absolute atomic E-state index is 12.1. The van der Waals surface area contributed by atoms with Crippen molar-refractivity contribution >= 4 is 0 Å². The van der Waals surface area contributed by atoms with Crippen LogP contribution in [-0.4, -0.2) is 13.2 Å². The minimum Gasteiger partial charge on any atom is -0.435 e. The van der Waals surface area contributed by atoms with Gasteiger partial charge in [0.15, 0.2) is 0 Å². The van der Waals surface area contributed by atoms with Gasteiger partial charge in [0.1, 0.15) is 11.5 Å². The molecule has 1 atom stereocenters. The van der Waals surface area contributed by atoms with Gasteiger partial charge in [0.2, 0.25) is 0 Å². The van der Waals surface area contributed by atoms with E-state index in [0.29, 0.717) is 12.0 Å². The Kier molecular flexibility index (Phi) is 5.66. The molecule has 19 heavy (non-hydrogen) atoms. The van der Waals surface area contributed by atoms with Crippen LogP contribution < -0.4 is 9.47 Å². The monoisotopic (exact) mass is 278 g/mol. The third kappa shape index (κ3) is 5.63. The summed E-state index contributed by atoms with van der Waals surface area (Å²) in [5, 5.41) is 0. The standard InChI is InChI=1S/C13H14F4O2/c1-3-8(2)4-9-5-10(18-12(14)15)7-11(6-9)19-13(16)17/h3,5-8,12-13H,1,4H2,2H3. The van der Waals surface area contributed by atoms with E-state index in [9.17, 15) is 17.6 Å². The number of hydrogen-bond acceptors (Lipinski definition) is 2. The van der Waals surface area contributed by atoms with E-state index in [4.69, 9.17) is 0 Å². The van der Waals surface area contributed by atoms with Crippen LogP contribution in [0.25, 0.3) is 0 Å². The molecule has 0 aliphatic heterocycles. The number of benzene rings is 1. The van der Waals surface area contributed by atoms with Gasteiger partial charge in [0.25, 0.3) is 0 Å². The highest BCUT2D eigenvalue weighted by molar-refractivity contribution is 5.39. The summed E-state index contributed by atoms with van der Waals surface area (Å²) in [7, 11) is 0. The van der Waals surface area contributed by atoms with Gasteiger partial charge in [-0.05, 0) is 30.0 Å². The van der Waals surface area contributed by atoms with Crippen molar-refractivity contribution in [1.82, 2.24) is 0 Å². The Morgan fingerprint density at radius 3 is 1.89 bits per heavy atom. The highest BCUT2D eigenvalue weighted by Crippen LogP contribution is 2.27. The van der Waals surface area contributed by atoms with Crippen LogP contribution in [-0.2, 0) is 6.42 Å². The zero-order valence-electron chi connectivity index (χ0n) is 10.3. The topological polar surface area (TPSA) is 18.5 Å². The van der Waals surface area contributed by atoms with Crippen LogP contribution in [0.5, 0.6) is 11.5 Å². The molecule has 1 aromatic rings. The molecule has 0 amide bonds. The van der Waals surface area contributed by atoms with Crippen molar-refractivity contribution in [2.75, 3.05) is 0 Å². The minimum atomic E-state index is -3.02. The van der Waals surface area contributed by atoms with E-state index < -0.39 is 13.2 Å².